The smallest absolute Gasteiger partial charge is 0.390 e. The van der Waals surface area contributed by atoms with Gasteiger partial charge in [0.2, 0.25) is 0 Å². The van der Waals surface area contributed by atoms with Crippen molar-refractivity contribution in [1.29, 1.82) is 0 Å². The van der Waals surface area contributed by atoms with E-state index in [9.17, 15) is 4.57 Å². The first kappa shape index (κ1) is 21.9. The Bertz CT molecular complexity index is 558. The van der Waals surface area contributed by atoms with Crippen LogP contribution in [0.4, 0.5) is 0 Å². The first-order valence-corrected chi connectivity index (χ1v) is 10.1. The summed E-state index contributed by atoms with van der Waals surface area (Å²) in [5, 5.41) is 6.17. The Morgan fingerprint density at radius 2 is 1.32 bits per heavy atom. The summed E-state index contributed by atoms with van der Waals surface area (Å²) >= 11 is 0. The van der Waals surface area contributed by atoms with Gasteiger partial charge >= 0.3 is 7.67 Å². The fourth-order valence-corrected chi connectivity index (χ4v) is 3.48. The molecule has 0 amide bonds. The van der Waals surface area contributed by atoms with Gasteiger partial charge < -0.3 is 18.2 Å². The van der Waals surface area contributed by atoms with E-state index in [0.29, 0.717) is 24.6 Å². The molecule has 0 saturated heterocycles. The second-order valence-corrected chi connectivity index (χ2v) is 10.1. The van der Waals surface area contributed by atoms with Crippen LogP contribution in [0.25, 0.3) is 0 Å². The molecule has 0 aliphatic heterocycles. The van der Waals surface area contributed by atoms with Gasteiger partial charge in [-0.25, -0.2) is 14.7 Å². The summed E-state index contributed by atoms with van der Waals surface area (Å²) in [4.78, 5) is 0. The zero-order valence-corrected chi connectivity index (χ0v) is 17.6. The summed E-state index contributed by atoms with van der Waals surface area (Å²) in [5.41, 5.74) is 0. The zero-order valence-electron chi connectivity index (χ0n) is 16.7. The number of ether oxygens (including phenoxy) is 1. The predicted octanol–water partition coefficient (Wildman–Crippen LogP) is 1.77. The van der Waals surface area contributed by atoms with E-state index in [-0.39, 0.29) is 0 Å². The third kappa shape index (κ3) is 9.23. The quantitative estimate of drug-likeness (QED) is 0.457. The van der Waals surface area contributed by atoms with Crippen LogP contribution in [0.15, 0.2) is 24.3 Å². The number of hydrogen-bond donors (Lipinski definition) is 2. The van der Waals surface area contributed by atoms with Gasteiger partial charge in [0, 0.05) is 0 Å². The molecule has 0 heterocycles. The third-order valence-electron chi connectivity index (χ3n) is 3.50. The van der Waals surface area contributed by atoms with E-state index in [0.717, 1.165) is 22.1 Å². The molecule has 2 N–H and O–H groups in total. The van der Waals surface area contributed by atoms with Gasteiger partial charge in [-0.2, -0.15) is 0 Å². The van der Waals surface area contributed by atoms with Crippen LogP contribution in [0.2, 0.25) is 0 Å². The normalized spacial score (nSPS) is 12.9. The molecule has 1 aromatic carbocycles. The van der Waals surface area contributed by atoms with E-state index in [4.69, 9.17) is 9.26 Å². The molecule has 0 saturated carbocycles. The monoisotopic (exact) mass is 374 g/mol. The summed E-state index contributed by atoms with van der Waals surface area (Å²) < 4.78 is 26.0. The van der Waals surface area contributed by atoms with E-state index >= 15 is 0 Å². The van der Waals surface area contributed by atoms with Gasteiger partial charge in [0.1, 0.15) is 0 Å². The number of nitrogens with one attached hydrogen (secondary N) is 2. The molecule has 0 aliphatic rings. The minimum absolute atomic E-state index is 0.462. The Kier molecular flexibility index (Phi) is 7.90. The highest BCUT2D eigenvalue weighted by atomic mass is 31.2. The van der Waals surface area contributed by atoms with E-state index in [2.05, 4.69) is 52.5 Å². The predicted molar refractivity (Wildman–Crippen MR) is 103 cm³/mol. The summed E-state index contributed by atoms with van der Waals surface area (Å²) in [6, 6.07) is 7.23. The Labute approximate surface area is 152 Å². The minimum Gasteiger partial charge on any atom is -0.493 e. The fraction of sp³-hybridized carbons (Fsp3) is 0.647. The van der Waals surface area contributed by atoms with Crippen molar-refractivity contribution in [3.05, 3.63) is 24.3 Å². The topological polar surface area (TPSA) is 59.6 Å². The molecule has 0 fully saturated rings. The maximum absolute atomic E-state index is 13.3. The van der Waals surface area contributed by atoms with Crippen molar-refractivity contribution in [1.82, 2.24) is 10.2 Å². The van der Waals surface area contributed by atoms with Crippen LogP contribution >= 0.6 is 7.67 Å². The highest BCUT2D eigenvalue weighted by Crippen LogP contribution is 2.42. The zero-order chi connectivity index (χ0) is 19.1. The van der Waals surface area contributed by atoms with Crippen molar-refractivity contribution in [2.24, 2.45) is 0 Å². The van der Waals surface area contributed by atoms with E-state index in [1.807, 2.05) is 12.1 Å². The van der Waals surface area contributed by atoms with Crippen LogP contribution in [-0.2, 0) is 4.57 Å². The van der Waals surface area contributed by atoms with Gasteiger partial charge in [-0.1, -0.05) is 12.1 Å². The standard InChI is InChI=1S/C17H35N4O3P/c1-20(2,3)14-12-18-25(22,19-13-15-21(4,5)6)24-17-11-9-8-10-16(17)23-7/h8-11H,12-15H2,1-7H3,(H2,18,19,22)/q+2. The van der Waals surface area contributed by atoms with Crippen molar-refractivity contribution in [3.63, 3.8) is 0 Å². The molecule has 144 valence electrons. The van der Waals surface area contributed by atoms with Crippen molar-refractivity contribution in [2.45, 2.75) is 0 Å². The van der Waals surface area contributed by atoms with Crippen LogP contribution < -0.4 is 19.4 Å². The van der Waals surface area contributed by atoms with Gasteiger partial charge in [0.15, 0.2) is 11.5 Å². The fourth-order valence-electron chi connectivity index (χ4n) is 2.02. The lowest BCUT2D eigenvalue weighted by Crippen LogP contribution is -2.43. The second-order valence-electron chi connectivity index (χ2n) is 8.14. The van der Waals surface area contributed by atoms with Gasteiger partial charge in [0.05, 0.1) is 75.6 Å². The van der Waals surface area contributed by atoms with Crippen LogP contribution in [0.1, 0.15) is 0 Å². The average Bonchev–Trinajstić information content (AvgIpc) is 2.45. The lowest BCUT2D eigenvalue weighted by atomic mass is 10.3. The second kappa shape index (κ2) is 9.01. The van der Waals surface area contributed by atoms with E-state index in [1.165, 1.54) is 0 Å². The largest absolute Gasteiger partial charge is 0.493 e. The highest BCUT2D eigenvalue weighted by Gasteiger charge is 2.27. The van der Waals surface area contributed by atoms with E-state index < -0.39 is 7.67 Å². The Morgan fingerprint density at radius 1 is 0.880 bits per heavy atom. The van der Waals surface area contributed by atoms with Crippen molar-refractivity contribution in [3.8, 4) is 11.5 Å². The van der Waals surface area contributed by atoms with Crippen LogP contribution in [-0.4, -0.2) is 84.5 Å². The number of hydrogen-bond acceptors (Lipinski definition) is 3. The maximum Gasteiger partial charge on any atom is 0.390 e. The number of para-hydroxylation sites is 2. The lowest BCUT2D eigenvalue weighted by molar-refractivity contribution is -0.869. The van der Waals surface area contributed by atoms with Gasteiger partial charge in [-0.3, -0.25) is 0 Å². The Hall–Kier alpha value is -1.11. The summed E-state index contributed by atoms with van der Waals surface area (Å²) in [7, 11) is 10.9. The van der Waals surface area contributed by atoms with Crippen LogP contribution in [0, 0.1) is 0 Å². The first-order chi connectivity index (χ1) is 11.4. The molecule has 0 aliphatic carbocycles. The molecule has 8 heteroatoms. The van der Waals surface area contributed by atoms with Gasteiger partial charge in [-0.05, 0) is 12.1 Å². The third-order valence-corrected chi connectivity index (χ3v) is 5.23. The van der Waals surface area contributed by atoms with Crippen molar-refractivity contribution >= 4 is 7.67 Å². The van der Waals surface area contributed by atoms with Gasteiger partial charge in [-0.15, -0.1) is 0 Å². The lowest BCUT2D eigenvalue weighted by Gasteiger charge is -2.28. The molecule has 1 aromatic rings. The number of nitrogens with zero attached hydrogens (tertiary/aromatic N) is 2. The maximum atomic E-state index is 13.3. The number of rotatable bonds is 11. The van der Waals surface area contributed by atoms with Crippen molar-refractivity contribution in [2.75, 3.05) is 75.6 Å². The van der Waals surface area contributed by atoms with Gasteiger partial charge in [0.25, 0.3) is 0 Å². The average molecular weight is 374 g/mol. The minimum atomic E-state index is -3.25. The van der Waals surface area contributed by atoms with E-state index in [1.54, 1.807) is 19.2 Å². The number of methoxy groups -OCH3 is 1. The highest BCUT2D eigenvalue weighted by molar-refractivity contribution is 7.55. The molecule has 0 spiro atoms. The molecule has 1 rings (SSSR count). The molecular weight excluding hydrogens is 339 g/mol. The van der Waals surface area contributed by atoms with Crippen LogP contribution in [0.3, 0.4) is 0 Å². The molecule has 0 atom stereocenters. The molecule has 0 radical (unpaired) electrons. The Balaban J connectivity index is 2.83. The van der Waals surface area contributed by atoms with Crippen molar-refractivity contribution < 1.29 is 22.8 Å². The first-order valence-electron chi connectivity index (χ1n) is 8.48. The van der Waals surface area contributed by atoms with Crippen LogP contribution in [0.5, 0.6) is 11.5 Å². The molecule has 0 unspecified atom stereocenters. The number of likely N-dealkylation sites (N-methyl/N-ethyl adjacent to an activating group) is 2. The molecule has 0 aromatic heterocycles. The summed E-state index contributed by atoms with van der Waals surface area (Å²) in [6.07, 6.45) is 0. The molecular formula is C17H35N4O3P+2. The summed E-state index contributed by atoms with van der Waals surface area (Å²) in [5.74, 6) is 1.02. The number of quaternary nitrogens is 2. The summed E-state index contributed by atoms with van der Waals surface area (Å²) in [6.45, 7) is 2.81. The molecule has 25 heavy (non-hydrogen) atoms. The molecule has 0 bridgehead atoms. The SMILES string of the molecule is COc1ccccc1OP(=O)(NCC[N+](C)(C)C)NCC[N+](C)(C)C. The molecule has 7 nitrogen and oxygen atoms in total. The Morgan fingerprint density at radius 3 is 1.72 bits per heavy atom. The number of benzene rings is 1.